The van der Waals surface area contributed by atoms with Gasteiger partial charge in [0.05, 0.1) is 18.8 Å². The van der Waals surface area contributed by atoms with Gasteiger partial charge in [-0.25, -0.2) is 0 Å². The molecule has 6 heteroatoms. The summed E-state index contributed by atoms with van der Waals surface area (Å²) < 4.78 is 0. The lowest BCUT2D eigenvalue weighted by Crippen LogP contribution is -2.53. The maximum Gasteiger partial charge on any atom is 0.249 e. The van der Waals surface area contributed by atoms with Gasteiger partial charge in [0, 0.05) is 0 Å². The summed E-state index contributed by atoms with van der Waals surface area (Å²) in [5, 5.41) is 44.2. The molecule has 4 atom stereocenters. The molecule has 0 aliphatic heterocycles. The van der Waals surface area contributed by atoms with Crippen molar-refractivity contribution < 1.29 is 25.2 Å². The number of hydrogen-bond donors (Lipinski definition) is 5. The molecule has 81 heavy (non-hydrogen) atoms. The summed E-state index contributed by atoms with van der Waals surface area (Å²) in [5.41, 5.74) is 0. The van der Waals surface area contributed by atoms with Gasteiger partial charge in [-0.15, -0.1) is 0 Å². The number of aliphatic hydroxyl groups is 4. The molecule has 6 nitrogen and oxygen atoms in total. The van der Waals surface area contributed by atoms with Crippen molar-refractivity contribution >= 4 is 5.91 Å². The molecule has 0 aromatic heterocycles. The Hall–Kier alpha value is -1.47. The van der Waals surface area contributed by atoms with Crippen LogP contribution in [0.4, 0.5) is 0 Å². The van der Waals surface area contributed by atoms with Crippen molar-refractivity contribution in [1.29, 1.82) is 0 Å². The summed E-state index contributed by atoms with van der Waals surface area (Å²) in [7, 11) is 0. The Morgan fingerprint density at radius 2 is 0.519 bits per heavy atom. The fourth-order valence-electron chi connectivity index (χ4n) is 11.9. The van der Waals surface area contributed by atoms with Gasteiger partial charge in [-0.05, 0) is 64.2 Å². The van der Waals surface area contributed by atoms with Gasteiger partial charge in [-0.1, -0.05) is 378 Å². The Kier molecular flexibility index (Phi) is 68.0. The quantitative estimate of drug-likeness (QED) is 0.0308. The zero-order chi connectivity index (χ0) is 58.7. The summed E-state index contributed by atoms with van der Waals surface area (Å²) in [6.07, 6.45) is 90.1. The van der Waals surface area contributed by atoms with E-state index in [1.165, 1.54) is 321 Å². The molecule has 0 aliphatic carbocycles. The van der Waals surface area contributed by atoms with Crippen LogP contribution >= 0.6 is 0 Å². The van der Waals surface area contributed by atoms with Crippen molar-refractivity contribution in [2.45, 2.75) is 430 Å². The van der Waals surface area contributed by atoms with Gasteiger partial charge in [0.1, 0.15) is 12.2 Å². The third kappa shape index (κ3) is 62.9. The smallest absolute Gasteiger partial charge is 0.249 e. The zero-order valence-electron chi connectivity index (χ0n) is 54.8. The average Bonchev–Trinajstić information content (AvgIpc) is 3.47. The van der Waals surface area contributed by atoms with E-state index in [0.29, 0.717) is 19.3 Å². The molecule has 0 aromatic carbocycles. The summed E-state index contributed by atoms with van der Waals surface area (Å²) in [4.78, 5) is 12.7. The van der Waals surface area contributed by atoms with E-state index in [1.807, 2.05) is 0 Å². The van der Waals surface area contributed by atoms with Crippen LogP contribution in [0.2, 0.25) is 0 Å². The molecule has 0 radical (unpaired) electrons. The Balaban J connectivity index is 3.56. The summed E-state index contributed by atoms with van der Waals surface area (Å²) in [6.45, 7) is 4.10. The van der Waals surface area contributed by atoms with E-state index in [4.69, 9.17) is 0 Å². The number of carbonyl (C=O) groups is 1. The van der Waals surface area contributed by atoms with Gasteiger partial charge < -0.3 is 25.7 Å². The van der Waals surface area contributed by atoms with E-state index in [9.17, 15) is 25.2 Å². The molecule has 0 saturated heterocycles. The largest absolute Gasteiger partial charge is 0.394 e. The van der Waals surface area contributed by atoms with Crippen molar-refractivity contribution in [3.63, 3.8) is 0 Å². The van der Waals surface area contributed by atoms with Gasteiger partial charge in [0.25, 0.3) is 0 Å². The molecule has 5 N–H and O–H groups in total. The predicted molar refractivity (Wildman–Crippen MR) is 357 cm³/mol. The minimum absolute atomic E-state index is 0.363. The van der Waals surface area contributed by atoms with Crippen LogP contribution in [0, 0.1) is 0 Å². The molecule has 480 valence electrons. The molecule has 0 fully saturated rings. The van der Waals surface area contributed by atoms with Gasteiger partial charge in [-0.2, -0.15) is 0 Å². The maximum atomic E-state index is 12.7. The lowest BCUT2D eigenvalue weighted by Gasteiger charge is -2.27. The van der Waals surface area contributed by atoms with Gasteiger partial charge in [0.15, 0.2) is 0 Å². The van der Waals surface area contributed by atoms with Crippen LogP contribution in [-0.2, 0) is 4.79 Å². The number of rotatable bonds is 69. The van der Waals surface area contributed by atoms with Crippen LogP contribution in [0.1, 0.15) is 406 Å². The van der Waals surface area contributed by atoms with Crippen LogP contribution in [0.25, 0.3) is 0 Å². The number of unbranched alkanes of at least 4 members (excludes halogenated alkanes) is 54. The van der Waals surface area contributed by atoms with E-state index in [2.05, 4.69) is 55.6 Å². The van der Waals surface area contributed by atoms with Crippen LogP contribution in [0.3, 0.4) is 0 Å². The lowest BCUT2D eigenvalue weighted by atomic mass is 10.00. The number of hydrogen-bond acceptors (Lipinski definition) is 5. The normalized spacial score (nSPS) is 13.6. The van der Waals surface area contributed by atoms with Crippen molar-refractivity contribution in [1.82, 2.24) is 5.32 Å². The average molecular weight is 1140 g/mol. The first kappa shape index (κ1) is 79.5. The highest BCUT2D eigenvalue weighted by Crippen LogP contribution is 2.20. The van der Waals surface area contributed by atoms with Crippen molar-refractivity contribution in [2.24, 2.45) is 0 Å². The van der Waals surface area contributed by atoms with Crippen LogP contribution in [0.5, 0.6) is 0 Å². The summed E-state index contributed by atoms with van der Waals surface area (Å²) in [6, 6.07) is -1.01. The first-order valence-corrected chi connectivity index (χ1v) is 36.9. The molecule has 0 spiro atoms. The third-order valence-electron chi connectivity index (χ3n) is 17.6. The number of aliphatic hydroxyl groups excluding tert-OH is 4. The second kappa shape index (κ2) is 69.3. The monoisotopic (exact) mass is 1140 g/mol. The highest BCUT2D eigenvalue weighted by molar-refractivity contribution is 5.80. The fraction of sp³-hybridized carbons (Fsp3) is 0.907. The minimum atomic E-state index is -1.29. The van der Waals surface area contributed by atoms with Crippen LogP contribution < -0.4 is 5.32 Å². The van der Waals surface area contributed by atoms with Crippen LogP contribution in [-0.4, -0.2) is 57.3 Å². The molecule has 0 rings (SSSR count). The van der Waals surface area contributed by atoms with E-state index >= 15 is 0 Å². The molecule has 4 unspecified atom stereocenters. The molecule has 0 bridgehead atoms. The van der Waals surface area contributed by atoms with Gasteiger partial charge in [0.2, 0.25) is 5.91 Å². The molecule has 1 amide bonds. The highest BCUT2D eigenvalue weighted by atomic mass is 16.3. The van der Waals surface area contributed by atoms with E-state index in [1.54, 1.807) is 0 Å². The fourth-order valence-corrected chi connectivity index (χ4v) is 11.9. The van der Waals surface area contributed by atoms with Crippen molar-refractivity contribution in [2.75, 3.05) is 6.61 Å². The maximum absolute atomic E-state index is 12.7. The Labute approximate surface area is 507 Å². The molecule has 0 saturated carbocycles. The van der Waals surface area contributed by atoms with Gasteiger partial charge in [-0.3, -0.25) is 4.79 Å². The first-order valence-electron chi connectivity index (χ1n) is 36.9. The summed E-state index contributed by atoms with van der Waals surface area (Å²) in [5.74, 6) is -0.592. The topological polar surface area (TPSA) is 110 Å². The van der Waals surface area contributed by atoms with Crippen LogP contribution in [0.15, 0.2) is 36.5 Å². The number of carbonyl (C=O) groups excluding carboxylic acids is 1. The number of amides is 1. The molecule has 0 aromatic rings. The minimum Gasteiger partial charge on any atom is -0.394 e. The summed E-state index contributed by atoms with van der Waals surface area (Å²) >= 11 is 0. The van der Waals surface area contributed by atoms with E-state index < -0.39 is 36.9 Å². The molecular weight excluding hydrogens is 995 g/mol. The zero-order valence-corrected chi connectivity index (χ0v) is 54.8. The molecule has 0 aliphatic rings. The van der Waals surface area contributed by atoms with Crippen molar-refractivity contribution in [3.8, 4) is 0 Å². The highest BCUT2D eigenvalue weighted by Gasteiger charge is 2.28. The number of allylic oxidation sites excluding steroid dienone is 6. The van der Waals surface area contributed by atoms with Crippen molar-refractivity contribution in [3.05, 3.63) is 36.5 Å². The molecule has 0 heterocycles. The lowest BCUT2D eigenvalue weighted by molar-refractivity contribution is -0.132. The SMILES string of the molecule is CCCCCCCCCCCCCCCCCC/C=C/CC/C=C/CC/C=C/CCCC(O)C(O)C(CO)NC(=O)C(O)CCCCCCCCCCCCCCCCCCCCCCCCCCCCCCCCCCCCCC. The Morgan fingerprint density at radius 1 is 0.296 bits per heavy atom. The third-order valence-corrected chi connectivity index (χ3v) is 17.6. The predicted octanol–water partition coefficient (Wildman–Crippen LogP) is 23.1. The molecular formula is C75H145NO5. The Bertz CT molecular complexity index is 1280. The number of nitrogens with one attached hydrogen (secondary N) is 1. The second-order valence-electron chi connectivity index (χ2n) is 25.6. The van der Waals surface area contributed by atoms with E-state index in [0.717, 1.165) is 51.4 Å². The van der Waals surface area contributed by atoms with E-state index in [-0.39, 0.29) is 0 Å². The standard InChI is InChI=1S/C75H145NO5/c1-3-5-7-9-11-13-15-17-19-21-23-25-27-29-31-33-34-35-36-37-38-39-41-43-45-47-49-51-53-55-57-59-61-63-65-67-69-73(79)75(81)76-71(70-77)74(80)72(78)68-66-64-62-60-58-56-54-52-50-48-46-44-42-40-32-30-28-26-24-22-20-18-16-14-12-10-8-6-4-2/h44,46,52,54,60,62,71-74,77-80H,3-43,45,47-51,53,55-59,61,63-70H2,1-2H3,(H,76,81)/b46-44+,54-52+,62-60+. The Morgan fingerprint density at radius 3 is 0.778 bits per heavy atom. The van der Waals surface area contributed by atoms with Gasteiger partial charge >= 0.3 is 0 Å². The second-order valence-corrected chi connectivity index (χ2v) is 25.6. The first-order chi connectivity index (χ1) is 40.0.